The monoisotopic (exact) mass is 220 g/mol. The first-order chi connectivity index (χ1) is 7.45. The van der Waals surface area contributed by atoms with E-state index >= 15 is 0 Å². The van der Waals surface area contributed by atoms with Crippen molar-refractivity contribution >= 4 is 12.2 Å². The molecule has 1 aromatic rings. The third kappa shape index (κ3) is 1.44. The number of amides is 1. The first-order valence-corrected chi connectivity index (χ1v) is 4.89. The van der Waals surface area contributed by atoms with Crippen LogP contribution < -0.4 is 10.5 Å². The van der Waals surface area contributed by atoms with Crippen LogP contribution in [0.1, 0.15) is 40.4 Å². The number of pyridine rings is 1. The number of hydrogen-bond acceptors (Lipinski definition) is 4. The molecule has 0 aromatic carbocycles. The Morgan fingerprint density at radius 1 is 1.62 bits per heavy atom. The summed E-state index contributed by atoms with van der Waals surface area (Å²) in [4.78, 5) is 26.1. The largest absolute Gasteiger partial charge is 0.490 e. The molecule has 0 saturated heterocycles. The molecule has 1 aromatic heterocycles. The van der Waals surface area contributed by atoms with E-state index in [1.54, 1.807) is 0 Å². The molecule has 2 heterocycles. The molecule has 1 amide bonds. The van der Waals surface area contributed by atoms with Gasteiger partial charge in [-0.15, -0.1) is 0 Å². The number of primary amides is 1. The van der Waals surface area contributed by atoms with Crippen molar-refractivity contribution in [2.24, 2.45) is 5.73 Å². The Morgan fingerprint density at radius 2 is 2.31 bits per heavy atom. The number of aldehydes is 1. The summed E-state index contributed by atoms with van der Waals surface area (Å²) in [6, 6.07) is 1.36. The van der Waals surface area contributed by atoms with E-state index in [4.69, 9.17) is 10.5 Å². The van der Waals surface area contributed by atoms with Gasteiger partial charge in [-0.05, 0) is 6.07 Å². The van der Waals surface area contributed by atoms with Crippen molar-refractivity contribution in [2.45, 2.75) is 19.3 Å². The van der Waals surface area contributed by atoms with Crippen LogP contribution in [-0.4, -0.2) is 23.8 Å². The molecule has 0 spiro atoms. The molecular formula is C11H12N2O3. The standard InChI is InChI=1S/C11H12N2O3/c1-11(2)5-16-8-6(4-14)3-7(10(12)15)13-9(8)11/h3-4H,5H2,1-2H3,(H2,12,15). The van der Waals surface area contributed by atoms with Crippen molar-refractivity contribution in [3.63, 3.8) is 0 Å². The van der Waals surface area contributed by atoms with Gasteiger partial charge in [0, 0.05) is 5.41 Å². The number of fused-ring (bicyclic) bond motifs is 1. The highest BCUT2D eigenvalue weighted by atomic mass is 16.5. The Labute approximate surface area is 92.6 Å². The number of carbonyl (C=O) groups excluding carboxylic acids is 2. The SMILES string of the molecule is CC1(C)COc2c(C=O)cc(C(N)=O)nc21. The molecule has 1 aliphatic heterocycles. The van der Waals surface area contributed by atoms with Crippen LogP contribution in [0.4, 0.5) is 0 Å². The molecule has 0 unspecified atom stereocenters. The Morgan fingerprint density at radius 3 is 2.88 bits per heavy atom. The molecule has 0 fully saturated rings. The van der Waals surface area contributed by atoms with E-state index in [9.17, 15) is 9.59 Å². The van der Waals surface area contributed by atoms with Crippen molar-refractivity contribution in [3.05, 3.63) is 23.0 Å². The van der Waals surface area contributed by atoms with Crippen LogP contribution in [0, 0.1) is 0 Å². The quantitative estimate of drug-likeness (QED) is 0.742. The van der Waals surface area contributed by atoms with Crippen LogP contribution in [0.15, 0.2) is 6.07 Å². The van der Waals surface area contributed by atoms with Crippen molar-refractivity contribution in [2.75, 3.05) is 6.61 Å². The Bertz CT molecular complexity index is 480. The third-order valence-electron chi connectivity index (χ3n) is 2.60. The van der Waals surface area contributed by atoms with Gasteiger partial charge in [-0.25, -0.2) is 4.98 Å². The minimum absolute atomic E-state index is 0.0967. The highest BCUT2D eigenvalue weighted by Gasteiger charge is 2.36. The zero-order valence-electron chi connectivity index (χ0n) is 9.11. The van der Waals surface area contributed by atoms with Gasteiger partial charge in [-0.2, -0.15) is 0 Å². The van der Waals surface area contributed by atoms with Crippen LogP contribution in [0.5, 0.6) is 5.75 Å². The molecule has 0 saturated carbocycles. The second-order valence-corrected chi connectivity index (χ2v) is 4.43. The van der Waals surface area contributed by atoms with Crippen LogP contribution >= 0.6 is 0 Å². The van der Waals surface area contributed by atoms with Crippen molar-refractivity contribution in [1.82, 2.24) is 4.98 Å². The maximum absolute atomic E-state index is 11.1. The molecular weight excluding hydrogens is 208 g/mol. The fraction of sp³-hybridized carbons (Fsp3) is 0.364. The van der Waals surface area contributed by atoms with Crippen LogP contribution in [0.3, 0.4) is 0 Å². The molecule has 2 N–H and O–H groups in total. The minimum Gasteiger partial charge on any atom is -0.490 e. The summed E-state index contributed by atoms with van der Waals surface area (Å²) >= 11 is 0. The van der Waals surface area contributed by atoms with Crippen LogP contribution in [0.2, 0.25) is 0 Å². The van der Waals surface area contributed by atoms with Crippen molar-refractivity contribution in [1.29, 1.82) is 0 Å². The number of aromatic nitrogens is 1. The Balaban J connectivity index is 2.68. The number of carbonyl (C=O) groups is 2. The zero-order chi connectivity index (χ0) is 11.9. The average molecular weight is 220 g/mol. The lowest BCUT2D eigenvalue weighted by Gasteiger charge is -2.14. The van der Waals surface area contributed by atoms with E-state index in [1.165, 1.54) is 6.07 Å². The number of rotatable bonds is 2. The van der Waals surface area contributed by atoms with Crippen molar-refractivity contribution < 1.29 is 14.3 Å². The lowest BCUT2D eigenvalue weighted by molar-refractivity contribution is 0.0995. The maximum atomic E-state index is 11.1. The number of hydrogen-bond donors (Lipinski definition) is 1. The fourth-order valence-corrected chi connectivity index (χ4v) is 1.70. The number of ether oxygens (including phenoxy) is 1. The molecule has 0 atom stereocenters. The van der Waals surface area contributed by atoms with Crippen LogP contribution in [-0.2, 0) is 5.41 Å². The van der Waals surface area contributed by atoms with Gasteiger partial charge >= 0.3 is 0 Å². The van der Waals surface area contributed by atoms with Gasteiger partial charge in [-0.1, -0.05) is 13.8 Å². The first-order valence-electron chi connectivity index (χ1n) is 4.89. The predicted octanol–water partition coefficient (Wildman–Crippen LogP) is 0.663. The molecule has 16 heavy (non-hydrogen) atoms. The van der Waals surface area contributed by atoms with E-state index in [-0.39, 0.29) is 11.1 Å². The lowest BCUT2D eigenvalue weighted by atomic mass is 9.90. The number of nitrogens with zero attached hydrogens (tertiary/aromatic N) is 1. The number of nitrogens with two attached hydrogens (primary N) is 1. The second-order valence-electron chi connectivity index (χ2n) is 4.43. The first kappa shape index (κ1) is 10.6. The average Bonchev–Trinajstić information content (AvgIpc) is 2.54. The summed E-state index contributed by atoms with van der Waals surface area (Å²) in [6.07, 6.45) is 0.647. The molecule has 5 nitrogen and oxygen atoms in total. The van der Waals surface area contributed by atoms with Crippen molar-refractivity contribution in [3.8, 4) is 5.75 Å². The zero-order valence-corrected chi connectivity index (χ0v) is 9.11. The molecule has 0 aliphatic carbocycles. The smallest absolute Gasteiger partial charge is 0.267 e. The molecule has 5 heteroatoms. The molecule has 2 rings (SSSR count). The minimum atomic E-state index is -0.645. The van der Waals surface area contributed by atoms with Gasteiger partial charge in [0.15, 0.2) is 12.0 Å². The third-order valence-corrected chi connectivity index (χ3v) is 2.60. The van der Waals surface area contributed by atoms with Gasteiger partial charge in [0.2, 0.25) is 0 Å². The van der Waals surface area contributed by atoms with E-state index in [1.807, 2.05) is 13.8 Å². The van der Waals surface area contributed by atoms with Gasteiger partial charge in [0.25, 0.3) is 5.91 Å². The van der Waals surface area contributed by atoms with Crippen LogP contribution in [0.25, 0.3) is 0 Å². The molecule has 1 aliphatic rings. The summed E-state index contributed by atoms with van der Waals surface area (Å²) in [5, 5.41) is 0. The van der Waals surface area contributed by atoms with E-state index in [0.29, 0.717) is 29.9 Å². The summed E-state index contributed by atoms with van der Waals surface area (Å²) < 4.78 is 5.42. The second kappa shape index (κ2) is 3.30. The highest BCUT2D eigenvalue weighted by Crippen LogP contribution is 2.38. The summed E-state index contributed by atoms with van der Waals surface area (Å²) in [5.74, 6) is -0.182. The Hall–Kier alpha value is -1.91. The molecule has 0 bridgehead atoms. The highest BCUT2D eigenvalue weighted by molar-refractivity contribution is 5.93. The summed E-state index contributed by atoms with van der Waals surface area (Å²) in [7, 11) is 0. The van der Waals surface area contributed by atoms with Gasteiger partial charge in [0.05, 0.1) is 17.9 Å². The molecule has 0 radical (unpaired) electrons. The van der Waals surface area contributed by atoms with E-state index in [0.717, 1.165) is 0 Å². The predicted molar refractivity (Wildman–Crippen MR) is 56.7 cm³/mol. The fourth-order valence-electron chi connectivity index (χ4n) is 1.70. The molecule has 84 valence electrons. The Kier molecular flexibility index (Phi) is 2.18. The van der Waals surface area contributed by atoms with Gasteiger partial charge in [0.1, 0.15) is 5.69 Å². The summed E-state index contributed by atoms with van der Waals surface area (Å²) in [5.41, 5.74) is 5.89. The normalized spacial score (nSPS) is 16.4. The maximum Gasteiger partial charge on any atom is 0.267 e. The van der Waals surface area contributed by atoms with Gasteiger partial charge in [-0.3, -0.25) is 9.59 Å². The van der Waals surface area contributed by atoms with Gasteiger partial charge < -0.3 is 10.5 Å². The van der Waals surface area contributed by atoms with E-state index < -0.39 is 5.91 Å². The van der Waals surface area contributed by atoms with E-state index in [2.05, 4.69) is 4.98 Å². The lowest BCUT2D eigenvalue weighted by Crippen LogP contribution is -2.21. The topological polar surface area (TPSA) is 82.3 Å². The summed E-state index contributed by atoms with van der Waals surface area (Å²) in [6.45, 7) is 4.31.